The topological polar surface area (TPSA) is 68.3 Å². The fourth-order valence-electron chi connectivity index (χ4n) is 3.09. The molecular weight excluding hydrogens is 540 g/mol. The van der Waals surface area contributed by atoms with Crippen molar-refractivity contribution in [1.29, 1.82) is 0 Å². The average molecular weight is 554 g/mol. The Labute approximate surface area is 185 Å². The van der Waals surface area contributed by atoms with Crippen molar-refractivity contribution in [2.45, 2.75) is 11.7 Å². The zero-order valence-electron chi connectivity index (χ0n) is 14.8. The van der Waals surface area contributed by atoms with Gasteiger partial charge in [0, 0.05) is 0 Å². The summed E-state index contributed by atoms with van der Waals surface area (Å²) < 4.78 is 50.8. The van der Waals surface area contributed by atoms with Gasteiger partial charge in [0.05, 0.1) is 9.79 Å². The maximum Gasteiger partial charge on any atom is 0.289 e. The molecule has 0 aliphatic carbocycles. The highest BCUT2D eigenvalue weighted by atomic mass is 79.9. The molecule has 29 heavy (non-hydrogen) atoms. The Hall–Kier alpha value is -1.74. The molecular formula is C21H14Br2O4S2. The second-order valence-corrected chi connectivity index (χ2v) is 16.5. The van der Waals surface area contributed by atoms with Gasteiger partial charge in [-0.3, -0.25) is 0 Å². The maximum atomic E-state index is 13.3. The van der Waals surface area contributed by atoms with Gasteiger partial charge in [0.25, 0.3) is 1.90 Å². The zero-order valence-corrected chi connectivity index (χ0v) is 19.6. The molecule has 0 heterocycles. The van der Waals surface area contributed by atoms with Crippen LogP contribution in [0.5, 0.6) is 0 Å². The lowest BCUT2D eigenvalue weighted by molar-refractivity contribution is 0.584. The summed E-state index contributed by atoms with van der Waals surface area (Å²) in [5.41, 5.74) is 0. The molecule has 0 aliphatic heterocycles. The van der Waals surface area contributed by atoms with Gasteiger partial charge in [-0.1, -0.05) is 60.7 Å². The van der Waals surface area contributed by atoms with Crippen LogP contribution >= 0.6 is 31.9 Å². The lowest BCUT2D eigenvalue weighted by Crippen LogP contribution is -2.34. The number of fused-ring (bicyclic) bond motifs is 2. The van der Waals surface area contributed by atoms with Gasteiger partial charge in [0.1, 0.15) is 0 Å². The van der Waals surface area contributed by atoms with Crippen LogP contribution in [0.25, 0.3) is 21.5 Å². The number of alkyl halides is 2. The Morgan fingerprint density at radius 1 is 0.517 bits per heavy atom. The van der Waals surface area contributed by atoms with Crippen molar-refractivity contribution >= 4 is 73.1 Å². The zero-order chi connectivity index (χ0) is 20.9. The van der Waals surface area contributed by atoms with E-state index in [1.165, 1.54) is 24.3 Å². The lowest BCUT2D eigenvalue weighted by atomic mass is 10.1. The number of rotatable bonds is 4. The SMILES string of the molecule is O=S(=O)(c1ccc2ccccc2c1)C(Br)(Br)S(=O)(=O)c1ccc2ccccc2c1. The summed E-state index contributed by atoms with van der Waals surface area (Å²) in [5, 5.41) is 3.12. The van der Waals surface area contributed by atoms with E-state index in [4.69, 9.17) is 0 Å². The second kappa shape index (κ2) is 7.19. The fourth-order valence-corrected chi connectivity index (χ4v) is 8.67. The minimum absolute atomic E-state index is 0.102. The molecule has 0 spiro atoms. The minimum Gasteiger partial charge on any atom is -0.220 e. The first-order chi connectivity index (χ1) is 13.6. The molecule has 0 radical (unpaired) electrons. The van der Waals surface area contributed by atoms with Gasteiger partial charge < -0.3 is 0 Å². The smallest absolute Gasteiger partial charge is 0.220 e. The molecule has 0 bridgehead atoms. The summed E-state index contributed by atoms with van der Waals surface area (Å²) in [6, 6.07) is 23.6. The quantitative estimate of drug-likeness (QED) is 0.307. The highest BCUT2D eigenvalue weighted by molar-refractivity contribution is 9.30. The molecule has 0 atom stereocenters. The standard InChI is InChI=1S/C21H14Br2O4S2/c22-21(23,28(24,25)19-11-9-15-5-1-3-7-17(15)13-19)29(26,27)20-12-10-16-6-2-4-8-18(16)14-20/h1-14H. The van der Waals surface area contributed by atoms with Crippen molar-refractivity contribution in [2.75, 3.05) is 0 Å². The Bertz CT molecular complexity index is 1350. The van der Waals surface area contributed by atoms with Crippen molar-refractivity contribution in [3.8, 4) is 0 Å². The molecule has 0 aromatic heterocycles. The van der Waals surface area contributed by atoms with Crippen molar-refractivity contribution in [2.24, 2.45) is 0 Å². The van der Waals surface area contributed by atoms with Crippen LogP contribution in [0.1, 0.15) is 0 Å². The molecule has 4 rings (SSSR count). The number of halogens is 2. The molecule has 0 fully saturated rings. The predicted molar refractivity (Wildman–Crippen MR) is 123 cm³/mol. The van der Waals surface area contributed by atoms with Crippen molar-refractivity contribution in [3.05, 3.63) is 84.9 Å². The monoisotopic (exact) mass is 552 g/mol. The van der Waals surface area contributed by atoms with E-state index in [0.29, 0.717) is 10.8 Å². The molecule has 0 aliphatic rings. The van der Waals surface area contributed by atoms with Crippen LogP contribution in [0.3, 0.4) is 0 Å². The third-order valence-electron chi connectivity index (χ3n) is 4.69. The third-order valence-corrected chi connectivity index (χ3v) is 14.1. The summed E-state index contributed by atoms with van der Waals surface area (Å²) >= 11 is 5.93. The van der Waals surface area contributed by atoms with Gasteiger partial charge in [-0.05, 0) is 77.7 Å². The molecule has 0 saturated heterocycles. The first-order valence-corrected chi connectivity index (χ1v) is 13.0. The number of benzene rings is 4. The van der Waals surface area contributed by atoms with E-state index in [0.717, 1.165) is 10.8 Å². The van der Waals surface area contributed by atoms with Gasteiger partial charge in [-0.25, -0.2) is 16.8 Å². The van der Waals surface area contributed by atoms with E-state index in [9.17, 15) is 16.8 Å². The first-order valence-electron chi connectivity index (χ1n) is 8.49. The maximum absolute atomic E-state index is 13.3. The summed E-state index contributed by atoms with van der Waals surface area (Å²) in [7, 11) is -8.69. The Kier molecular flexibility index (Phi) is 5.09. The fraction of sp³-hybridized carbons (Fsp3) is 0.0476. The van der Waals surface area contributed by atoms with E-state index in [2.05, 4.69) is 31.9 Å². The van der Waals surface area contributed by atoms with E-state index in [1.807, 2.05) is 24.3 Å². The third kappa shape index (κ3) is 3.32. The lowest BCUT2D eigenvalue weighted by Gasteiger charge is -2.22. The highest BCUT2D eigenvalue weighted by Gasteiger charge is 2.52. The van der Waals surface area contributed by atoms with Gasteiger partial charge in [0.2, 0.25) is 19.7 Å². The Balaban J connectivity index is 1.85. The molecule has 0 unspecified atom stereocenters. The predicted octanol–water partition coefficient (Wildman–Crippen LogP) is 5.64. The van der Waals surface area contributed by atoms with Crippen LogP contribution in [0.2, 0.25) is 0 Å². The van der Waals surface area contributed by atoms with Crippen molar-refractivity contribution in [1.82, 2.24) is 0 Å². The van der Waals surface area contributed by atoms with Crippen LogP contribution in [0.15, 0.2) is 94.7 Å². The molecule has 0 N–H and O–H groups in total. The first kappa shape index (κ1) is 20.5. The van der Waals surface area contributed by atoms with Gasteiger partial charge in [0.15, 0.2) is 0 Å². The number of hydrogen-bond donors (Lipinski definition) is 0. The van der Waals surface area contributed by atoms with Crippen LogP contribution in [-0.4, -0.2) is 18.7 Å². The van der Waals surface area contributed by atoms with E-state index >= 15 is 0 Å². The Morgan fingerprint density at radius 3 is 1.24 bits per heavy atom. The van der Waals surface area contributed by atoms with Crippen LogP contribution in [-0.2, 0) is 19.7 Å². The van der Waals surface area contributed by atoms with Crippen LogP contribution in [0.4, 0.5) is 0 Å². The molecule has 8 heteroatoms. The van der Waals surface area contributed by atoms with Crippen LogP contribution in [0, 0.1) is 0 Å². The van der Waals surface area contributed by atoms with Crippen molar-refractivity contribution in [3.63, 3.8) is 0 Å². The van der Waals surface area contributed by atoms with E-state index in [-0.39, 0.29) is 9.79 Å². The van der Waals surface area contributed by atoms with E-state index in [1.54, 1.807) is 36.4 Å². The highest BCUT2D eigenvalue weighted by Crippen LogP contribution is 2.46. The Morgan fingerprint density at radius 2 is 0.862 bits per heavy atom. The van der Waals surface area contributed by atoms with Gasteiger partial charge in [-0.15, -0.1) is 0 Å². The molecule has 148 valence electrons. The number of sulfone groups is 2. The van der Waals surface area contributed by atoms with Gasteiger partial charge in [-0.2, -0.15) is 0 Å². The van der Waals surface area contributed by atoms with E-state index < -0.39 is 21.6 Å². The molecule has 0 saturated carbocycles. The largest absolute Gasteiger partial charge is 0.289 e. The minimum atomic E-state index is -4.34. The molecule has 4 aromatic carbocycles. The summed E-state index contributed by atoms with van der Waals surface area (Å²) in [4.78, 5) is -0.205. The molecule has 0 amide bonds. The van der Waals surface area contributed by atoms with Crippen LogP contribution < -0.4 is 0 Å². The number of hydrogen-bond acceptors (Lipinski definition) is 4. The summed E-state index contributed by atoms with van der Waals surface area (Å²) in [5.74, 6) is 0. The average Bonchev–Trinajstić information content (AvgIpc) is 2.72. The second-order valence-electron chi connectivity index (χ2n) is 6.49. The normalized spacial score (nSPS) is 13.0. The summed E-state index contributed by atoms with van der Waals surface area (Å²) in [6.07, 6.45) is 0. The van der Waals surface area contributed by atoms with Gasteiger partial charge >= 0.3 is 0 Å². The molecule has 4 nitrogen and oxygen atoms in total. The summed E-state index contributed by atoms with van der Waals surface area (Å²) in [6.45, 7) is 0. The van der Waals surface area contributed by atoms with Crippen molar-refractivity contribution < 1.29 is 16.8 Å². The molecule has 4 aromatic rings.